The van der Waals surface area contributed by atoms with Crippen LogP contribution in [0.4, 0.5) is 36.4 Å². The predicted octanol–water partition coefficient (Wildman–Crippen LogP) is 4.74. The number of hydrogen-bond acceptors (Lipinski definition) is 2. The van der Waals surface area contributed by atoms with E-state index in [4.69, 9.17) is 0 Å². The van der Waals surface area contributed by atoms with E-state index in [1.807, 2.05) is 0 Å². The minimum absolute atomic E-state index is 0.0603. The highest BCUT2D eigenvalue weighted by atomic mass is 32.2. The van der Waals surface area contributed by atoms with Crippen molar-refractivity contribution >= 4 is 22.3 Å². The lowest BCUT2D eigenvalue weighted by Gasteiger charge is -2.24. The predicted molar refractivity (Wildman–Crippen MR) is 84.5 cm³/mol. The molecule has 0 aliphatic carbocycles. The molecule has 0 spiro atoms. The smallest absolute Gasteiger partial charge is 0.353 e. The topological polar surface area (TPSA) is 32.7 Å². The van der Waals surface area contributed by atoms with Gasteiger partial charge >= 0.3 is 12.4 Å². The summed E-state index contributed by atoms with van der Waals surface area (Å²) in [5, 5.41) is 0. The van der Waals surface area contributed by atoms with Gasteiger partial charge in [-0.25, -0.2) is 9.38 Å². The minimum atomic E-state index is -4.89. The van der Waals surface area contributed by atoms with Gasteiger partial charge in [-0.2, -0.15) is 26.3 Å². The van der Waals surface area contributed by atoms with E-state index >= 15 is 0 Å². The zero-order valence-corrected chi connectivity index (χ0v) is 14.9. The molecule has 0 saturated heterocycles. The molecule has 1 aromatic carbocycles. The third kappa shape index (κ3) is 5.96. The van der Waals surface area contributed by atoms with Gasteiger partial charge < -0.3 is 4.90 Å². The van der Waals surface area contributed by atoms with Crippen LogP contribution in [0.2, 0.25) is 0 Å². The summed E-state index contributed by atoms with van der Waals surface area (Å²) >= 11 is 0. The second-order valence-electron chi connectivity index (χ2n) is 5.28. The van der Waals surface area contributed by atoms with E-state index < -0.39 is 51.1 Å². The van der Waals surface area contributed by atoms with Crippen molar-refractivity contribution in [3.63, 3.8) is 0 Å². The van der Waals surface area contributed by atoms with Crippen molar-refractivity contribution in [1.29, 1.82) is 0 Å². The number of nitrogens with zero attached hydrogens (tertiary/aromatic N) is 2. The van der Waals surface area contributed by atoms with Gasteiger partial charge in [0, 0.05) is 18.0 Å². The SMILES string of the molecule is CCN(CC)C(=Nc1cc(S(=O)CC(F)(F)F)c(C)cc1F)C(F)(F)F. The summed E-state index contributed by atoms with van der Waals surface area (Å²) in [6.45, 7) is 3.99. The molecular formula is C15H17F7N2OS. The van der Waals surface area contributed by atoms with Gasteiger partial charge in [-0.05, 0) is 38.5 Å². The fourth-order valence-electron chi connectivity index (χ4n) is 2.15. The second kappa shape index (κ2) is 8.36. The lowest BCUT2D eigenvalue weighted by Crippen LogP contribution is -2.41. The summed E-state index contributed by atoms with van der Waals surface area (Å²) in [6.07, 6.45) is -9.64. The monoisotopic (exact) mass is 406 g/mol. The van der Waals surface area contributed by atoms with Gasteiger partial charge in [-0.15, -0.1) is 0 Å². The van der Waals surface area contributed by atoms with Crippen LogP contribution in [-0.2, 0) is 10.8 Å². The molecule has 0 aromatic heterocycles. The number of halogens is 7. The van der Waals surface area contributed by atoms with Crippen LogP contribution in [0.5, 0.6) is 0 Å². The van der Waals surface area contributed by atoms with Crippen molar-refractivity contribution in [1.82, 2.24) is 4.90 Å². The van der Waals surface area contributed by atoms with Crippen LogP contribution in [0.3, 0.4) is 0 Å². The quantitative estimate of drug-likeness (QED) is 0.402. The van der Waals surface area contributed by atoms with Gasteiger partial charge in [0.25, 0.3) is 0 Å². The summed E-state index contributed by atoms with van der Waals surface area (Å²) in [5.74, 6) is -4.22. The van der Waals surface area contributed by atoms with Crippen molar-refractivity contribution in [3.05, 3.63) is 23.5 Å². The minimum Gasteiger partial charge on any atom is -0.353 e. The molecule has 0 bridgehead atoms. The zero-order valence-electron chi connectivity index (χ0n) is 14.1. The van der Waals surface area contributed by atoms with Crippen LogP contribution in [0, 0.1) is 12.7 Å². The Morgan fingerprint density at radius 3 is 2.08 bits per heavy atom. The summed E-state index contributed by atoms with van der Waals surface area (Å²) in [4.78, 5) is 3.70. The van der Waals surface area contributed by atoms with Crippen LogP contribution in [0.15, 0.2) is 22.0 Å². The largest absolute Gasteiger partial charge is 0.449 e. The van der Waals surface area contributed by atoms with Crippen molar-refractivity contribution in [2.45, 2.75) is 38.0 Å². The summed E-state index contributed by atoms with van der Waals surface area (Å²) in [5.41, 5.74) is -0.888. The Bertz CT molecular complexity index is 694. The molecule has 0 amide bonds. The fraction of sp³-hybridized carbons (Fsp3) is 0.533. The Morgan fingerprint density at radius 2 is 1.65 bits per heavy atom. The number of aryl methyl sites for hydroxylation is 1. The van der Waals surface area contributed by atoms with Crippen LogP contribution in [-0.4, -0.2) is 46.1 Å². The van der Waals surface area contributed by atoms with Crippen LogP contribution in [0.25, 0.3) is 0 Å². The summed E-state index contributed by atoms with van der Waals surface area (Å²) in [6, 6.07) is 1.39. The highest BCUT2D eigenvalue weighted by molar-refractivity contribution is 7.85. The molecule has 3 nitrogen and oxygen atoms in total. The standard InChI is InChI=1S/C15H17F7N2OS/c1-4-24(5-2)13(15(20,21)22)23-11-7-12(9(3)6-10(11)16)26(25)8-14(17,18)19/h6-7H,4-5,8H2,1-3H3. The number of rotatable bonds is 5. The molecule has 26 heavy (non-hydrogen) atoms. The van der Waals surface area contributed by atoms with E-state index in [0.717, 1.165) is 11.0 Å². The first-order valence-corrected chi connectivity index (χ1v) is 8.78. The first kappa shape index (κ1) is 22.4. The molecule has 1 aromatic rings. The highest BCUT2D eigenvalue weighted by Gasteiger charge is 2.39. The van der Waals surface area contributed by atoms with Crippen LogP contribution >= 0.6 is 0 Å². The fourth-order valence-corrected chi connectivity index (χ4v) is 3.26. The molecule has 1 unspecified atom stereocenters. The first-order valence-electron chi connectivity index (χ1n) is 7.46. The molecule has 0 N–H and O–H groups in total. The number of benzene rings is 1. The Labute approximate surface area is 148 Å². The maximum Gasteiger partial charge on any atom is 0.449 e. The summed E-state index contributed by atoms with van der Waals surface area (Å²) < 4.78 is 103. The van der Waals surface area contributed by atoms with Crippen molar-refractivity contribution in [2.75, 3.05) is 18.8 Å². The average Bonchev–Trinajstić information content (AvgIpc) is 2.46. The summed E-state index contributed by atoms with van der Waals surface area (Å²) in [7, 11) is -2.59. The number of amidine groups is 1. The molecule has 0 heterocycles. The van der Waals surface area contributed by atoms with Crippen molar-refractivity contribution in [2.24, 2.45) is 4.99 Å². The maximum atomic E-state index is 14.0. The Hall–Kier alpha value is -1.65. The number of alkyl halides is 6. The average molecular weight is 406 g/mol. The van der Waals surface area contributed by atoms with Crippen molar-refractivity contribution in [3.8, 4) is 0 Å². The number of hydrogen-bond donors (Lipinski definition) is 0. The molecule has 0 radical (unpaired) electrons. The third-order valence-corrected chi connectivity index (χ3v) is 4.85. The van der Waals surface area contributed by atoms with E-state index in [1.54, 1.807) is 0 Å². The lowest BCUT2D eigenvalue weighted by atomic mass is 10.2. The number of aliphatic imine (C=N–C) groups is 1. The van der Waals surface area contributed by atoms with Gasteiger partial charge in [-0.1, -0.05) is 0 Å². The van der Waals surface area contributed by atoms with Gasteiger partial charge in [0.1, 0.15) is 17.3 Å². The second-order valence-corrected chi connectivity index (χ2v) is 6.70. The molecule has 0 aliphatic heterocycles. The van der Waals surface area contributed by atoms with Gasteiger partial charge in [0.05, 0.1) is 10.8 Å². The van der Waals surface area contributed by atoms with Crippen molar-refractivity contribution < 1.29 is 34.9 Å². The molecule has 0 fully saturated rings. The maximum absolute atomic E-state index is 14.0. The van der Waals surface area contributed by atoms with E-state index in [1.165, 1.54) is 20.8 Å². The molecule has 148 valence electrons. The molecule has 0 saturated carbocycles. The molecule has 1 atom stereocenters. The molecule has 11 heteroatoms. The van der Waals surface area contributed by atoms with E-state index in [0.29, 0.717) is 6.07 Å². The normalized spacial score (nSPS) is 14.5. The Balaban J connectivity index is 3.47. The first-order chi connectivity index (χ1) is 11.8. The third-order valence-electron chi connectivity index (χ3n) is 3.33. The van der Waals surface area contributed by atoms with Gasteiger partial charge in [0.15, 0.2) is 0 Å². The molecular weight excluding hydrogens is 389 g/mol. The molecule has 1 rings (SSSR count). The van der Waals surface area contributed by atoms with Gasteiger partial charge in [-0.3, -0.25) is 4.21 Å². The zero-order chi connectivity index (χ0) is 20.3. The van der Waals surface area contributed by atoms with Crippen LogP contribution < -0.4 is 0 Å². The lowest BCUT2D eigenvalue weighted by molar-refractivity contribution is -0.105. The molecule has 0 aliphatic rings. The van der Waals surface area contributed by atoms with Gasteiger partial charge in [0.2, 0.25) is 5.84 Å². The van der Waals surface area contributed by atoms with E-state index in [2.05, 4.69) is 4.99 Å². The van der Waals surface area contributed by atoms with E-state index in [-0.39, 0.29) is 18.7 Å². The van der Waals surface area contributed by atoms with Crippen LogP contribution in [0.1, 0.15) is 19.4 Å². The van der Waals surface area contributed by atoms with E-state index in [9.17, 15) is 34.9 Å². The Kier molecular flexibility index (Phi) is 7.20. The Morgan fingerprint density at radius 1 is 1.12 bits per heavy atom. The highest BCUT2D eigenvalue weighted by Crippen LogP contribution is 2.30.